The number of carbonyl (C=O) groups is 1. The molecule has 0 fully saturated rings. The molecule has 0 radical (unpaired) electrons. The quantitative estimate of drug-likeness (QED) is 0.813. The van der Waals surface area contributed by atoms with E-state index in [-0.39, 0.29) is 24.0 Å². The lowest BCUT2D eigenvalue weighted by molar-refractivity contribution is -0.119. The van der Waals surface area contributed by atoms with E-state index in [1.54, 1.807) is 6.07 Å². The molecular formula is C16H20FNO2. The Morgan fingerprint density at radius 3 is 2.85 bits per heavy atom. The molecule has 1 aromatic carbocycles. The summed E-state index contributed by atoms with van der Waals surface area (Å²) in [5, 5.41) is 11.3. The number of benzene rings is 1. The maximum Gasteiger partial charge on any atom is 0.227 e. The average Bonchev–Trinajstić information content (AvgIpc) is 2.41. The third-order valence-corrected chi connectivity index (χ3v) is 2.87. The van der Waals surface area contributed by atoms with Gasteiger partial charge in [-0.25, -0.2) is 4.39 Å². The van der Waals surface area contributed by atoms with Crippen LogP contribution < -0.4 is 5.32 Å². The number of aliphatic hydroxyl groups excluding tert-OH is 1. The molecule has 1 unspecified atom stereocenters. The summed E-state index contributed by atoms with van der Waals surface area (Å²) in [4.78, 5) is 11.8. The zero-order valence-corrected chi connectivity index (χ0v) is 11.9. The zero-order valence-electron chi connectivity index (χ0n) is 11.9. The van der Waals surface area contributed by atoms with Gasteiger partial charge in [0.2, 0.25) is 5.91 Å². The van der Waals surface area contributed by atoms with Gasteiger partial charge >= 0.3 is 0 Å². The van der Waals surface area contributed by atoms with Crippen molar-refractivity contribution >= 4 is 11.6 Å². The monoisotopic (exact) mass is 277 g/mol. The number of nitrogens with one attached hydrogen (secondary N) is 1. The standard InChI is InChI=1S/C16H20FNO2/c1-3-6-12(2)16(20)18-14-9-8-13(15(17)11-14)7-4-5-10-19/h8-9,11-12,19H,3,5-6,10H2,1-2H3,(H,18,20). The van der Waals surface area contributed by atoms with E-state index in [0.29, 0.717) is 12.1 Å². The molecule has 3 nitrogen and oxygen atoms in total. The van der Waals surface area contributed by atoms with Crippen molar-refractivity contribution in [3.05, 3.63) is 29.6 Å². The molecule has 0 bridgehead atoms. The summed E-state index contributed by atoms with van der Waals surface area (Å²) in [6.07, 6.45) is 2.05. The molecule has 0 saturated heterocycles. The third-order valence-electron chi connectivity index (χ3n) is 2.87. The lowest BCUT2D eigenvalue weighted by Gasteiger charge is -2.11. The second kappa shape index (κ2) is 8.34. The van der Waals surface area contributed by atoms with Gasteiger partial charge in [0.15, 0.2) is 0 Å². The van der Waals surface area contributed by atoms with Crippen molar-refractivity contribution in [1.82, 2.24) is 0 Å². The summed E-state index contributed by atoms with van der Waals surface area (Å²) < 4.78 is 13.8. The second-order valence-corrected chi connectivity index (χ2v) is 4.65. The Hall–Kier alpha value is -1.86. The van der Waals surface area contributed by atoms with Crippen LogP contribution in [0.3, 0.4) is 0 Å². The summed E-state index contributed by atoms with van der Waals surface area (Å²) in [6.45, 7) is 3.82. The molecular weight excluding hydrogens is 257 g/mol. The van der Waals surface area contributed by atoms with E-state index >= 15 is 0 Å². The van der Waals surface area contributed by atoms with Gasteiger partial charge in [-0.1, -0.05) is 32.1 Å². The number of amides is 1. The van der Waals surface area contributed by atoms with Crippen LogP contribution in [0.2, 0.25) is 0 Å². The van der Waals surface area contributed by atoms with E-state index in [9.17, 15) is 9.18 Å². The Balaban J connectivity index is 2.73. The predicted molar refractivity (Wildman–Crippen MR) is 77.7 cm³/mol. The first kappa shape index (κ1) is 16.2. The van der Waals surface area contributed by atoms with Crippen LogP contribution in [0.25, 0.3) is 0 Å². The third kappa shape index (κ3) is 5.02. The minimum absolute atomic E-state index is 0.0436. The summed E-state index contributed by atoms with van der Waals surface area (Å²) in [5.74, 6) is 4.63. The van der Waals surface area contributed by atoms with Gasteiger partial charge in [0, 0.05) is 18.0 Å². The van der Waals surface area contributed by atoms with Gasteiger partial charge < -0.3 is 10.4 Å². The van der Waals surface area contributed by atoms with Crippen LogP contribution in [0.1, 0.15) is 38.7 Å². The minimum atomic E-state index is -0.476. The fourth-order valence-corrected chi connectivity index (χ4v) is 1.74. The molecule has 1 aromatic rings. The molecule has 0 saturated carbocycles. The van der Waals surface area contributed by atoms with Crippen molar-refractivity contribution in [2.75, 3.05) is 11.9 Å². The molecule has 0 heterocycles. The number of hydrogen-bond donors (Lipinski definition) is 2. The smallest absolute Gasteiger partial charge is 0.227 e. The zero-order chi connectivity index (χ0) is 15.0. The molecule has 1 rings (SSSR count). The lowest BCUT2D eigenvalue weighted by atomic mass is 10.1. The summed E-state index contributed by atoms with van der Waals surface area (Å²) in [7, 11) is 0. The van der Waals surface area contributed by atoms with Crippen molar-refractivity contribution in [1.29, 1.82) is 0 Å². The number of aliphatic hydroxyl groups is 1. The molecule has 0 aliphatic rings. The molecule has 2 N–H and O–H groups in total. The summed E-state index contributed by atoms with van der Waals surface area (Å²) in [6, 6.07) is 4.42. The molecule has 0 aliphatic heterocycles. The Labute approximate surface area is 119 Å². The largest absolute Gasteiger partial charge is 0.395 e. The van der Waals surface area contributed by atoms with Crippen molar-refractivity contribution < 1.29 is 14.3 Å². The second-order valence-electron chi connectivity index (χ2n) is 4.65. The topological polar surface area (TPSA) is 49.3 Å². The summed E-state index contributed by atoms with van der Waals surface area (Å²) >= 11 is 0. The van der Waals surface area contributed by atoms with Crippen molar-refractivity contribution in [2.24, 2.45) is 5.92 Å². The molecule has 4 heteroatoms. The van der Waals surface area contributed by atoms with Crippen molar-refractivity contribution in [3.63, 3.8) is 0 Å². The van der Waals surface area contributed by atoms with Crippen LogP contribution in [0.15, 0.2) is 18.2 Å². The molecule has 1 amide bonds. The van der Waals surface area contributed by atoms with Crippen molar-refractivity contribution in [3.8, 4) is 11.8 Å². The average molecular weight is 277 g/mol. The van der Waals surface area contributed by atoms with Gasteiger partial charge in [-0.2, -0.15) is 0 Å². The van der Waals surface area contributed by atoms with Crippen LogP contribution in [0, 0.1) is 23.6 Å². The lowest BCUT2D eigenvalue weighted by Crippen LogP contribution is -2.20. The SMILES string of the molecule is CCCC(C)C(=O)Nc1ccc(C#CCCO)c(F)c1. The van der Waals surface area contributed by atoms with Gasteiger partial charge in [-0.15, -0.1) is 0 Å². The number of halogens is 1. The minimum Gasteiger partial charge on any atom is -0.395 e. The molecule has 0 aliphatic carbocycles. The van der Waals surface area contributed by atoms with Gasteiger partial charge in [-0.05, 0) is 24.6 Å². The molecule has 0 aromatic heterocycles. The fraction of sp³-hybridized carbons (Fsp3) is 0.438. The first-order valence-corrected chi connectivity index (χ1v) is 6.78. The number of anilines is 1. The number of rotatable bonds is 5. The van der Waals surface area contributed by atoms with Crippen LogP contribution in [-0.4, -0.2) is 17.6 Å². The maximum atomic E-state index is 13.8. The maximum absolute atomic E-state index is 13.8. The molecule has 20 heavy (non-hydrogen) atoms. The Morgan fingerprint density at radius 1 is 1.50 bits per heavy atom. The van der Waals surface area contributed by atoms with Crippen LogP contribution in [0.4, 0.5) is 10.1 Å². The van der Waals surface area contributed by atoms with Crippen LogP contribution >= 0.6 is 0 Å². The molecule has 0 spiro atoms. The van der Waals surface area contributed by atoms with E-state index < -0.39 is 5.82 Å². The molecule has 1 atom stereocenters. The fourth-order valence-electron chi connectivity index (χ4n) is 1.74. The van der Waals surface area contributed by atoms with E-state index in [1.165, 1.54) is 12.1 Å². The first-order valence-electron chi connectivity index (χ1n) is 6.78. The number of carbonyl (C=O) groups excluding carboxylic acids is 1. The van der Waals surface area contributed by atoms with Gasteiger partial charge in [0.05, 0.1) is 12.2 Å². The van der Waals surface area contributed by atoms with Gasteiger partial charge in [0.25, 0.3) is 0 Å². The van der Waals surface area contributed by atoms with Crippen LogP contribution in [-0.2, 0) is 4.79 Å². The van der Waals surface area contributed by atoms with E-state index in [1.807, 2.05) is 13.8 Å². The van der Waals surface area contributed by atoms with Gasteiger partial charge in [0.1, 0.15) is 5.82 Å². The van der Waals surface area contributed by atoms with E-state index in [2.05, 4.69) is 17.2 Å². The highest BCUT2D eigenvalue weighted by atomic mass is 19.1. The Bertz CT molecular complexity index is 517. The summed E-state index contributed by atoms with van der Waals surface area (Å²) in [5.41, 5.74) is 0.696. The highest BCUT2D eigenvalue weighted by molar-refractivity contribution is 5.92. The molecule has 108 valence electrons. The predicted octanol–water partition coefficient (Wildman–Crippen LogP) is 2.93. The van der Waals surface area contributed by atoms with Crippen LogP contribution in [0.5, 0.6) is 0 Å². The Morgan fingerprint density at radius 2 is 2.25 bits per heavy atom. The van der Waals surface area contributed by atoms with Gasteiger partial charge in [-0.3, -0.25) is 4.79 Å². The Kier molecular flexibility index (Phi) is 6.75. The number of hydrogen-bond acceptors (Lipinski definition) is 2. The highest BCUT2D eigenvalue weighted by Crippen LogP contribution is 2.16. The van der Waals surface area contributed by atoms with E-state index in [0.717, 1.165) is 12.8 Å². The first-order chi connectivity index (χ1) is 9.58. The van der Waals surface area contributed by atoms with E-state index in [4.69, 9.17) is 5.11 Å². The van der Waals surface area contributed by atoms with Crippen molar-refractivity contribution in [2.45, 2.75) is 33.1 Å². The highest BCUT2D eigenvalue weighted by Gasteiger charge is 2.12. The normalized spacial score (nSPS) is 11.4.